The minimum absolute atomic E-state index is 0.0166. The number of hydrogen-bond donors (Lipinski definition) is 1. The molecule has 152 valence electrons. The van der Waals surface area contributed by atoms with Crippen LogP contribution in [0.5, 0.6) is 0 Å². The second-order valence-corrected chi connectivity index (χ2v) is 7.51. The molecule has 6 nitrogen and oxygen atoms in total. The molecule has 0 atom stereocenters. The molecule has 0 saturated heterocycles. The summed E-state index contributed by atoms with van der Waals surface area (Å²) in [7, 11) is 0. The average molecular weight is 404 g/mol. The van der Waals surface area contributed by atoms with E-state index >= 15 is 0 Å². The maximum Gasteiger partial charge on any atom is 0.257 e. The first-order valence-electron chi connectivity index (χ1n) is 9.59. The Morgan fingerprint density at radius 3 is 2.77 bits per heavy atom. The van der Waals surface area contributed by atoms with Crippen LogP contribution in [0.25, 0.3) is 10.9 Å². The van der Waals surface area contributed by atoms with E-state index in [0.717, 1.165) is 11.1 Å². The summed E-state index contributed by atoms with van der Waals surface area (Å²) >= 11 is 0. The molecule has 0 bridgehead atoms. The number of terminal acetylenes is 1. The van der Waals surface area contributed by atoms with Gasteiger partial charge in [0.15, 0.2) is 0 Å². The van der Waals surface area contributed by atoms with E-state index in [1.165, 1.54) is 6.07 Å². The first-order valence-corrected chi connectivity index (χ1v) is 9.59. The number of aromatic nitrogens is 2. The molecule has 30 heavy (non-hydrogen) atoms. The molecule has 3 heterocycles. The largest absolute Gasteiger partial charge is 0.383 e. The van der Waals surface area contributed by atoms with E-state index in [4.69, 9.17) is 16.9 Å². The van der Waals surface area contributed by atoms with Crippen molar-refractivity contribution in [2.45, 2.75) is 39.6 Å². The molecule has 2 aromatic heterocycles. The van der Waals surface area contributed by atoms with E-state index in [2.05, 4.69) is 15.9 Å². The van der Waals surface area contributed by atoms with Crippen molar-refractivity contribution < 1.29 is 13.9 Å². The van der Waals surface area contributed by atoms with Crippen molar-refractivity contribution in [3.8, 4) is 12.3 Å². The molecule has 1 aliphatic rings. The normalized spacial score (nSPS) is 12.8. The number of ether oxygens (including phenoxy) is 1. The number of nitrogen functional groups attached to an aromatic ring is 1. The Labute approximate surface area is 173 Å². The van der Waals surface area contributed by atoms with Gasteiger partial charge in [0.1, 0.15) is 11.6 Å². The van der Waals surface area contributed by atoms with Crippen molar-refractivity contribution in [2.24, 2.45) is 0 Å². The van der Waals surface area contributed by atoms with E-state index < -0.39 is 11.7 Å². The lowest BCUT2D eigenvalue weighted by Gasteiger charge is -2.27. The minimum Gasteiger partial charge on any atom is -0.383 e. The topological polar surface area (TPSA) is 81.3 Å². The number of rotatable bonds is 4. The fourth-order valence-electron chi connectivity index (χ4n) is 3.58. The second-order valence-electron chi connectivity index (χ2n) is 7.51. The Morgan fingerprint density at radius 2 is 2.10 bits per heavy atom. The zero-order valence-electron chi connectivity index (χ0n) is 16.8. The van der Waals surface area contributed by atoms with E-state index in [-0.39, 0.29) is 18.2 Å². The van der Waals surface area contributed by atoms with Gasteiger partial charge >= 0.3 is 0 Å². The standard InChI is InChI=1S/C23H21FN4O2/c1-4-14-5-6-15(26-9-14)10-28(13(2)3)23(29)17-7-16-18-11-30-12-19(18)22(25)27-21(16)8-20(17)24/h1,5-9,13H,10-12H2,2-3H3,(H2,25,27). The van der Waals surface area contributed by atoms with Gasteiger partial charge in [-0.1, -0.05) is 5.92 Å². The van der Waals surface area contributed by atoms with Crippen molar-refractivity contribution in [3.05, 3.63) is 64.2 Å². The SMILES string of the molecule is C#Cc1ccc(CN(C(=O)c2cc3c4c(c(N)nc3cc2F)COC4)C(C)C)nc1. The maximum absolute atomic E-state index is 14.9. The Bertz CT molecular complexity index is 1180. The van der Waals surface area contributed by atoms with Gasteiger partial charge in [0, 0.05) is 34.8 Å². The lowest BCUT2D eigenvalue weighted by Crippen LogP contribution is -2.37. The highest BCUT2D eigenvalue weighted by molar-refractivity contribution is 5.99. The summed E-state index contributed by atoms with van der Waals surface area (Å²) in [6.07, 6.45) is 6.94. The van der Waals surface area contributed by atoms with Crippen LogP contribution in [0.3, 0.4) is 0 Å². The molecule has 2 N–H and O–H groups in total. The van der Waals surface area contributed by atoms with Crippen LogP contribution in [0.15, 0.2) is 30.5 Å². The van der Waals surface area contributed by atoms with Crippen molar-refractivity contribution in [1.29, 1.82) is 0 Å². The molecular formula is C23H21FN4O2. The van der Waals surface area contributed by atoms with E-state index in [9.17, 15) is 9.18 Å². The van der Waals surface area contributed by atoms with Gasteiger partial charge in [0.05, 0.1) is 36.5 Å². The summed E-state index contributed by atoms with van der Waals surface area (Å²) < 4.78 is 20.4. The number of nitrogens with zero attached hydrogens (tertiary/aromatic N) is 3. The predicted octanol–water partition coefficient (Wildman–Crippen LogP) is 3.41. The zero-order chi connectivity index (χ0) is 21.4. The third kappa shape index (κ3) is 3.46. The number of hydrogen-bond acceptors (Lipinski definition) is 5. The third-order valence-corrected chi connectivity index (χ3v) is 5.26. The maximum atomic E-state index is 14.9. The van der Waals surface area contributed by atoms with Crippen LogP contribution in [0.1, 0.15) is 46.6 Å². The van der Waals surface area contributed by atoms with Gasteiger partial charge in [0.25, 0.3) is 5.91 Å². The lowest BCUT2D eigenvalue weighted by molar-refractivity contribution is 0.0683. The van der Waals surface area contributed by atoms with Crippen molar-refractivity contribution in [1.82, 2.24) is 14.9 Å². The summed E-state index contributed by atoms with van der Waals surface area (Å²) in [5.74, 6) is 1.78. The fourth-order valence-corrected chi connectivity index (χ4v) is 3.58. The Balaban J connectivity index is 1.73. The van der Waals surface area contributed by atoms with Gasteiger partial charge in [-0.05, 0) is 37.6 Å². The van der Waals surface area contributed by atoms with Crippen LogP contribution in [0.2, 0.25) is 0 Å². The second kappa shape index (κ2) is 7.73. The molecule has 7 heteroatoms. The van der Waals surface area contributed by atoms with Crippen LogP contribution in [-0.4, -0.2) is 26.8 Å². The number of nitrogens with two attached hydrogens (primary N) is 1. The lowest BCUT2D eigenvalue weighted by atomic mass is 10.0. The number of carbonyl (C=O) groups excluding carboxylic acids is 1. The van der Waals surface area contributed by atoms with Crippen molar-refractivity contribution >= 4 is 22.6 Å². The Morgan fingerprint density at radius 1 is 1.33 bits per heavy atom. The summed E-state index contributed by atoms with van der Waals surface area (Å²) in [4.78, 5) is 23.5. The van der Waals surface area contributed by atoms with Gasteiger partial charge in [0.2, 0.25) is 0 Å². The number of benzene rings is 1. The van der Waals surface area contributed by atoms with E-state index in [0.29, 0.717) is 41.2 Å². The van der Waals surface area contributed by atoms with Gasteiger partial charge in [-0.15, -0.1) is 6.42 Å². The molecule has 3 aromatic rings. The third-order valence-electron chi connectivity index (χ3n) is 5.26. The first-order chi connectivity index (χ1) is 14.4. The molecule has 0 spiro atoms. The smallest absolute Gasteiger partial charge is 0.257 e. The Hall–Kier alpha value is -3.50. The first kappa shape index (κ1) is 19.8. The molecular weight excluding hydrogens is 383 g/mol. The van der Waals surface area contributed by atoms with Gasteiger partial charge in [-0.2, -0.15) is 0 Å². The van der Waals surface area contributed by atoms with Crippen LogP contribution in [0.4, 0.5) is 10.2 Å². The number of carbonyl (C=O) groups is 1. The highest BCUT2D eigenvalue weighted by Crippen LogP contribution is 2.32. The van der Waals surface area contributed by atoms with E-state index in [1.807, 2.05) is 13.8 Å². The minimum atomic E-state index is -0.639. The zero-order valence-corrected chi connectivity index (χ0v) is 16.8. The summed E-state index contributed by atoms with van der Waals surface area (Å²) in [5, 5.41) is 0.682. The highest BCUT2D eigenvalue weighted by atomic mass is 19.1. The number of fused-ring (bicyclic) bond motifs is 3. The van der Waals surface area contributed by atoms with Crippen LogP contribution in [0, 0.1) is 18.2 Å². The quantitative estimate of drug-likeness (QED) is 0.674. The average Bonchev–Trinajstić information content (AvgIpc) is 3.22. The fraction of sp³-hybridized carbons (Fsp3) is 0.261. The molecule has 0 fully saturated rings. The predicted molar refractivity (Wildman–Crippen MR) is 112 cm³/mol. The highest BCUT2D eigenvalue weighted by Gasteiger charge is 2.26. The molecule has 1 aliphatic heterocycles. The molecule has 0 saturated carbocycles. The van der Waals surface area contributed by atoms with Gasteiger partial charge < -0.3 is 15.4 Å². The molecule has 1 amide bonds. The van der Waals surface area contributed by atoms with Gasteiger partial charge in [-0.25, -0.2) is 9.37 Å². The van der Waals surface area contributed by atoms with Crippen LogP contribution < -0.4 is 5.73 Å². The molecule has 0 radical (unpaired) electrons. The summed E-state index contributed by atoms with van der Waals surface area (Å²) in [6.45, 7) is 4.71. The van der Waals surface area contributed by atoms with Crippen LogP contribution >= 0.6 is 0 Å². The number of anilines is 1. The van der Waals surface area contributed by atoms with Gasteiger partial charge in [-0.3, -0.25) is 9.78 Å². The monoisotopic (exact) mass is 404 g/mol. The van der Waals surface area contributed by atoms with Crippen LogP contribution in [-0.2, 0) is 24.5 Å². The number of halogens is 1. The van der Waals surface area contributed by atoms with Crippen molar-refractivity contribution in [2.75, 3.05) is 5.73 Å². The molecule has 0 unspecified atom stereocenters. The Kier molecular flexibility index (Phi) is 5.10. The summed E-state index contributed by atoms with van der Waals surface area (Å²) in [6, 6.07) is 6.18. The molecule has 4 rings (SSSR count). The van der Waals surface area contributed by atoms with Crippen molar-refractivity contribution in [3.63, 3.8) is 0 Å². The molecule has 0 aliphatic carbocycles. The van der Waals surface area contributed by atoms with E-state index in [1.54, 1.807) is 29.3 Å². The molecule has 1 aromatic carbocycles. The summed E-state index contributed by atoms with van der Waals surface area (Å²) in [5.41, 5.74) is 9.34. The number of pyridine rings is 2. The number of amides is 1.